The fraction of sp³-hybridized carbons (Fsp3) is 0.417. The van der Waals surface area contributed by atoms with E-state index in [0.29, 0.717) is 19.4 Å². The van der Waals surface area contributed by atoms with E-state index in [1.165, 1.54) is 12.8 Å². The van der Waals surface area contributed by atoms with Crippen molar-refractivity contribution < 1.29 is 4.79 Å². The first-order valence-electron chi connectivity index (χ1n) is 10.9. The van der Waals surface area contributed by atoms with E-state index in [-0.39, 0.29) is 11.9 Å². The number of carbonyl (C=O) groups excluding carboxylic acids is 1. The van der Waals surface area contributed by atoms with Gasteiger partial charge >= 0.3 is 0 Å². The summed E-state index contributed by atoms with van der Waals surface area (Å²) in [6, 6.07) is 15.5. The van der Waals surface area contributed by atoms with Crippen LogP contribution in [0.1, 0.15) is 43.6 Å². The van der Waals surface area contributed by atoms with Gasteiger partial charge in [0.2, 0.25) is 5.91 Å². The minimum atomic E-state index is -0.298. The number of fused-ring (bicyclic) bond motifs is 1. The molecule has 0 radical (unpaired) electrons. The van der Waals surface area contributed by atoms with Crippen molar-refractivity contribution in [3.63, 3.8) is 0 Å². The van der Waals surface area contributed by atoms with Crippen LogP contribution in [0.4, 0.5) is 0 Å². The average Bonchev–Trinajstić information content (AvgIpc) is 3.39. The molecule has 4 rings (SSSR count). The molecular formula is C24H29ClN4O. The molecule has 5 nitrogen and oxygen atoms in total. The van der Waals surface area contributed by atoms with Gasteiger partial charge in [0.25, 0.3) is 0 Å². The SMILES string of the molecule is CCC(C(=O)NCCN1CCCC1)n1c(Cc2ccccc2Cl)nc2ccccc21. The fourth-order valence-electron chi connectivity index (χ4n) is 4.33. The van der Waals surface area contributed by atoms with Crippen LogP contribution in [0, 0.1) is 0 Å². The van der Waals surface area contributed by atoms with Crippen LogP contribution >= 0.6 is 11.6 Å². The second-order valence-corrected chi connectivity index (χ2v) is 8.33. The highest BCUT2D eigenvalue weighted by Gasteiger charge is 2.24. The normalized spacial score (nSPS) is 15.5. The summed E-state index contributed by atoms with van der Waals surface area (Å²) in [6.45, 7) is 5.93. The Balaban J connectivity index is 1.59. The molecule has 1 aliphatic heterocycles. The standard InChI is InChI=1S/C24H29ClN4O/c1-2-21(24(30)26-13-16-28-14-7-8-15-28)29-22-12-6-5-11-20(22)27-23(29)17-18-9-3-4-10-19(18)25/h3-6,9-12,21H,2,7-8,13-17H2,1H3,(H,26,30). The van der Waals surface area contributed by atoms with Gasteiger partial charge in [-0.25, -0.2) is 4.98 Å². The number of amides is 1. The van der Waals surface area contributed by atoms with Crippen molar-refractivity contribution in [2.75, 3.05) is 26.2 Å². The summed E-state index contributed by atoms with van der Waals surface area (Å²) in [5, 5.41) is 3.88. The first-order chi connectivity index (χ1) is 14.7. The molecule has 2 aromatic carbocycles. The molecule has 0 saturated carbocycles. The lowest BCUT2D eigenvalue weighted by Crippen LogP contribution is -2.38. The molecule has 30 heavy (non-hydrogen) atoms. The number of para-hydroxylation sites is 2. The number of imidazole rings is 1. The Hall–Kier alpha value is -2.37. The highest BCUT2D eigenvalue weighted by atomic mass is 35.5. The van der Waals surface area contributed by atoms with E-state index in [4.69, 9.17) is 16.6 Å². The summed E-state index contributed by atoms with van der Waals surface area (Å²) < 4.78 is 2.10. The Bertz CT molecular complexity index is 1010. The Labute approximate surface area is 183 Å². The number of aromatic nitrogens is 2. The molecule has 3 aromatic rings. The monoisotopic (exact) mass is 424 g/mol. The van der Waals surface area contributed by atoms with E-state index in [2.05, 4.69) is 21.7 Å². The third kappa shape index (κ3) is 4.52. The van der Waals surface area contributed by atoms with Gasteiger partial charge in [0.05, 0.1) is 11.0 Å². The number of nitrogens with one attached hydrogen (secondary N) is 1. The Morgan fingerprint density at radius 1 is 1.13 bits per heavy atom. The van der Waals surface area contributed by atoms with Gasteiger partial charge in [-0.05, 0) is 56.1 Å². The maximum absolute atomic E-state index is 13.2. The second-order valence-electron chi connectivity index (χ2n) is 7.92. The topological polar surface area (TPSA) is 50.2 Å². The van der Waals surface area contributed by atoms with E-state index in [1.54, 1.807) is 0 Å². The van der Waals surface area contributed by atoms with Crippen LogP contribution in [0.25, 0.3) is 11.0 Å². The number of rotatable bonds is 8. The van der Waals surface area contributed by atoms with Crippen molar-refractivity contribution in [1.82, 2.24) is 19.8 Å². The van der Waals surface area contributed by atoms with Crippen LogP contribution in [0.3, 0.4) is 0 Å². The lowest BCUT2D eigenvalue weighted by molar-refractivity contribution is -0.124. The first-order valence-corrected chi connectivity index (χ1v) is 11.2. The number of benzene rings is 2. The van der Waals surface area contributed by atoms with E-state index in [0.717, 1.165) is 47.1 Å². The molecular weight excluding hydrogens is 396 g/mol. The van der Waals surface area contributed by atoms with Crippen molar-refractivity contribution in [1.29, 1.82) is 0 Å². The molecule has 0 bridgehead atoms. The number of carbonyl (C=O) groups is 1. The van der Waals surface area contributed by atoms with Gasteiger partial charge in [-0.15, -0.1) is 0 Å². The molecule has 1 fully saturated rings. The fourth-order valence-corrected chi connectivity index (χ4v) is 4.53. The highest BCUT2D eigenvalue weighted by molar-refractivity contribution is 6.31. The summed E-state index contributed by atoms with van der Waals surface area (Å²) in [7, 11) is 0. The van der Waals surface area contributed by atoms with Gasteiger partial charge < -0.3 is 14.8 Å². The zero-order chi connectivity index (χ0) is 20.9. The Morgan fingerprint density at radius 3 is 2.63 bits per heavy atom. The maximum atomic E-state index is 13.2. The van der Waals surface area contributed by atoms with Gasteiger partial charge in [0.15, 0.2) is 0 Å². The minimum absolute atomic E-state index is 0.0558. The predicted molar refractivity (Wildman–Crippen MR) is 122 cm³/mol. The van der Waals surface area contributed by atoms with E-state index < -0.39 is 0 Å². The van der Waals surface area contributed by atoms with Crippen molar-refractivity contribution >= 4 is 28.5 Å². The zero-order valence-corrected chi connectivity index (χ0v) is 18.2. The summed E-state index contributed by atoms with van der Waals surface area (Å²) in [5.41, 5.74) is 2.91. The van der Waals surface area contributed by atoms with Crippen LogP contribution in [-0.4, -0.2) is 46.5 Å². The lowest BCUT2D eigenvalue weighted by Gasteiger charge is -2.21. The minimum Gasteiger partial charge on any atom is -0.353 e. The largest absolute Gasteiger partial charge is 0.353 e. The summed E-state index contributed by atoms with van der Waals surface area (Å²) in [6.07, 6.45) is 3.81. The number of halogens is 1. The Morgan fingerprint density at radius 2 is 1.87 bits per heavy atom. The first kappa shape index (κ1) is 20.9. The van der Waals surface area contributed by atoms with E-state index >= 15 is 0 Å². The lowest BCUT2D eigenvalue weighted by atomic mass is 10.1. The predicted octanol–water partition coefficient (Wildman–Crippen LogP) is 4.44. The molecule has 2 heterocycles. The summed E-state index contributed by atoms with van der Waals surface area (Å²) in [5.74, 6) is 0.922. The number of likely N-dealkylation sites (tertiary alicyclic amines) is 1. The zero-order valence-electron chi connectivity index (χ0n) is 17.5. The molecule has 1 atom stereocenters. The van der Waals surface area contributed by atoms with Crippen LogP contribution in [-0.2, 0) is 11.2 Å². The third-order valence-electron chi connectivity index (χ3n) is 5.90. The van der Waals surface area contributed by atoms with Gasteiger partial charge in [0.1, 0.15) is 11.9 Å². The van der Waals surface area contributed by atoms with E-state index in [9.17, 15) is 4.79 Å². The molecule has 0 aliphatic carbocycles. The van der Waals surface area contributed by atoms with Crippen molar-refractivity contribution in [3.05, 3.63) is 64.9 Å². The molecule has 1 aliphatic rings. The maximum Gasteiger partial charge on any atom is 0.243 e. The smallest absolute Gasteiger partial charge is 0.243 e. The van der Waals surface area contributed by atoms with Crippen molar-refractivity contribution in [3.8, 4) is 0 Å². The van der Waals surface area contributed by atoms with Crippen LogP contribution in [0.2, 0.25) is 5.02 Å². The van der Waals surface area contributed by atoms with Crippen LogP contribution in [0.5, 0.6) is 0 Å². The molecule has 1 saturated heterocycles. The molecule has 1 amide bonds. The van der Waals surface area contributed by atoms with Gasteiger partial charge in [-0.2, -0.15) is 0 Å². The van der Waals surface area contributed by atoms with Crippen molar-refractivity contribution in [2.45, 2.75) is 38.6 Å². The van der Waals surface area contributed by atoms with Gasteiger partial charge in [0, 0.05) is 24.5 Å². The molecule has 1 unspecified atom stereocenters. The molecule has 1 aromatic heterocycles. The van der Waals surface area contributed by atoms with Gasteiger partial charge in [-0.1, -0.05) is 48.9 Å². The second kappa shape index (κ2) is 9.63. The summed E-state index contributed by atoms with van der Waals surface area (Å²) in [4.78, 5) is 20.4. The third-order valence-corrected chi connectivity index (χ3v) is 6.27. The number of nitrogens with zero attached hydrogens (tertiary/aromatic N) is 3. The van der Waals surface area contributed by atoms with Crippen LogP contribution in [0.15, 0.2) is 48.5 Å². The van der Waals surface area contributed by atoms with Gasteiger partial charge in [-0.3, -0.25) is 4.79 Å². The quantitative estimate of drug-likeness (QED) is 0.581. The summed E-state index contributed by atoms with van der Waals surface area (Å²) >= 11 is 6.41. The van der Waals surface area contributed by atoms with Crippen molar-refractivity contribution in [2.24, 2.45) is 0 Å². The number of hydrogen-bond donors (Lipinski definition) is 1. The average molecular weight is 425 g/mol. The molecule has 0 spiro atoms. The van der Waals surface area contributed by atoms with Crippen LogP contribution < -0.4 is 5.32 Å². The molecule has 158 valence electrons. The van der Waals surface area contributed by atoms with E-state index in [1.807, 2.05) is 48.5 Å². The molecule has 6 heteroatoms. The molecule has 1 N–H and O–H groups in total. The number of hydrogen-bond acceptors (Lipinski definition) is 3. The Kier molecular flexibility index (Phi) is 6.70. The highest BCUT2D eigenvalue weighted by Crippen LogP contribution is 2.27.